The highest BCUT2D eigenvalue weighted by Crippen LogP contribution is 2.30. The van der Waals surface area contributed by atoms with Crippen LogP contribution >= 0.6 is 0 Å². The number of nitrogens with two attached hydrogens (primary N) is 1. The molecule has 18 nitrogen and oxygen atoms in total. The predicted octanol–water partition coefficient (Wildman–Crippen LogP) is 1.84. The number of carbonyl (C=O) groups is 3. The lowest BCUT2D eigenvalue weighted by Gasteiger charge is -2.39. The number of imidazole rings is 1. The van der Waals surface area contributed by atoms with Gasteiger partial charge in [0.05, 0.1) is 42.2 Å². The standard InChI is InChI=1S/C36H42F2N12O6/c1-45(21-8-11-47(12-9-21)15-20-4-3-5-25-31(20)46(2)36(54)50(25)26-6-7-28(51)43-35(26)53)17-29-55-18-22(19-56-29)49-16-24(30(44-49)32(37)38)41-34(52)23-14-40-48-13-10-27(39)42-33(23)48/h3-5,10,13-14,16,21-22,26,29,32H,6-9,11-12,15,17-19H2,1-2H3,(H2,39,42)(H,41,52)(H,43,51,53). The number of benzene rings is 1. The Hall–Kier alpha value is -5.57. The van der Waals surface area contributed by atoms with E-state index in [1.165, 1.54) is 32.2 Å². The van der Waals surface area contributed by atoms with Crippen molar-refractivity contribution in [2.75, 3.05) is 50.9 Å². The normalized spacial score (nSPS) is 21.4. The van der Waals surface area contributed by atoms with Gasteiger partial charge in [0.1, 0.15) is 17.4 Å². The Kier molecular flexibility index (Phi) is 10.1. The Labute approximate surface area is 318 Å². The molecule has 4 aromatic heterocycles. The molecule has 3 aliphatic rings. The third kappa shape index (κ3) is 7.15. The molecule has 1 aromatic carbocycles. The van der Waals surface area contributed by atoms with Crippen LogP contribution in [0.5, 0.6) is 0 Å². The molecule has 5 aromatic rings. The summed E-state index contributed by atoms with van der Waals surface area (Å²) in [5.41, 5.74) is 7.43. The van der Waals surface area contributed by atoms with Crippen molar-refractivity contribution >= 4 is 45.9 Å². The summed E-state index contributed by atoms with van der Waals surface area (Å²) in [6.07, 6.45) is 2.96. The number of ether oxygens (including phenoxy) is 2. The summed E-state index contributed by atoms with van der Waals surface area (Å²) < 4.78 is 45.9. The molecule has 0 spiro atoms. The monoisotopic (exact) mass is 776 g/mol. The third-order valence-corrected chi connectivity index (χ3v) is 10.9. The van der Waals surface area contributed by atoms with Crippen LogP contribution in [0.1, 0.15) is 65.8 Å². The topological polar surface area (TPSA) is 201 Å². The summed E-state index contributed by atoms with van der Waals surface area (Å²) in [5.74, 6) is -1.29. The van der Waals surface area contributed by atoms with Crippen LogP contribution in [0, 0.1) is 0 Å². The Bertz CT molecular complexity index is 2350. The maximum atomic E-state index is 14.0. The third-order valence-electron chi connectivity index (χ3n) is 10.9. The quantitative estimate of drug-likeness (QED) is 0.174. The van der Waals surface area contributed by atoms with Gasteiger partial charge in [-0.1, -0.05) is 12.1 Å². The van der Waals surface area contributed by atoms with Gasteiger partial charge in [-0.15, -0.1) is 0 Å². The van der Waals surface area contributed by atoms with Crippen molar-refractivity contribution in [3.8, 4) is 0 Å². The number of nitrogens with zero attached hydrogens (tertiary/aromatic N) is 9. The van der Waals surface area contributed by atoms with E-state index in [2.05, 4.69) is 35.6 Å². The Morgan fingerprint density at radius 1 is 1.12 bits per heavy atom. The number of nitrogen functional groups attached to an aromatic ring is 1. The molecule has 1 atom stereocenters. The minimum atomic E-state index is -2.95. The van der Waals surface area contributed by atoms with Crippen LogP contribution in [-0.4, -0.2) is 113 Å². The molecule has 3 saturated heterocycles. The number of rotatable bonds is 10. The van der Waals surface area contributed by atoms with Crippen LogP contribution in [0.3, 0.4) is 0 Å². The fourth-order valence-corrected chi connectivity index (χ4v) is 7.89. The molecule has 20 heteroatoms. The minimum absolute atomic E-state index is 0.0669. The number of hydrogen-bond acceptors (Lipinski definition) is 12. The first-order valence-electron chi connectivity index (χ1n) is 18.4. The molecule has 4 N–H and O–H groups in total. The molecule has 8 rings (SSSR count). The molecule has 0 saturated carbocycles. The first-order chi connectivity index (χ1) is 26.9. The van der Waals surface area contributed by atoms with Gasteiger partial charge in [0.15, 0.2) is 17.6 Å². The number of piperidine rings is 2. The lowest BCUT2D eigenvalue weighted by atomic mass is 10.0. The zero-order chi connectivity index (χ0) is 39.2. The number of hydrogen-bond donors (Lipinski definition) is 3. The molecule has 1 unspecified atom stereocenters. The number of alkyl halides is 2. The maximum absolute atomic E-state index is 14.0. The van der Waals surface area contributed by atoms with Crippen molar-refractivity contribution in [3.63, 3.8) is 0 Å². The molecule has 296 valence electrons. The maximum Gasteiger partial charge on any atom is 0.329 e. The van der Waals surface area contributed by atoms with E-state index in [-0.39, 0.29) is 66.4 Å². The van der Waals surface area contributed by atoms with E-state index in [0.717, 1.165) is 37.0 Å². The van der Waals surface area contributed by atoms with Crippen molar-refractivity contribution in [1.29, 1.82) is 0 Å². The van der Waals surface area contributed by atoms with Gasteiger partial charge in [-0.3, -0.25) is 43.3 Å². The molecular formula is C36H42F2N12O6. The predicted molar refractivity (Wildman–Crippen MR) is 197 cm³/mol. The lowest BCUT2D eigenvalue weighted by molar-refractivity contribution is -0.206. The number of aromatic nitrogens is 7. The first kappa shape index (κ1) is 37.4. The number of halogens is 2. The fourth-order valence-electron chi connectivity index (χ4n) is 7.89. The smallest absolute Gasteiger partial charge is 0.329 e. The SMILES string of the molecule is CN(CC1OCC(n2cc(NC(=O)c3cnn4ccc(N)nc34)c(C(F)F)n2)CO1)C1CCN(Cc2cccc3c2n(C)c(=O)n3C2CCC(=O)NC2=O)CC1. The summed E-state index contributed by atoms with van der Waals surface area (Å²) in [7, 11) is 3.74. The minimum Gasteiger partial charge on any atom is -0.384 e. The van der Waals surface area contributed by atoms with E-state index in [4.69, 9.17) is 15.2 Å². The number of likely N-dealkylation sites (N-methyl/N-ethyl adjacent to an activating group) is 1. The van der Waals surface area contributed by atoms with Gasteiger partial charge < -0.3 is 20.5 Å². The number of likely N-dealkylation sites (tertiary alicyclic amines) is 1. The van der Waals surface area contributed by atoms with Crippen molar-refractivity contribution in [2.24, 2.45) is 7.05 Å². The second-order valence-corrected chi connectivity index (χ2v) is 14.5. The number of amides is 3. The molecule has 3 fully saturated rings. The highest BCUT2D eigenvalue weighted by Gasteiger charge is 2.33. The van der Waals surface area contributed by atoms with E-state index >= 15 is 0 Å². The number of para-hydroxylation sites is 1. The van der Waals surface area contributed by atoms with Crippen LogP contribution in [0.2, 0.25) is 0 Å². The number of aryl methyl sites for hydroxylation is 1. The largest absolute Gasteiger partial charge is 0.384 e. The van der Waals surface area contributed by atoms with E-state index in [1.54, 1.807) is 17.8 Å². The van der Waals surface area contributed by atoms with E-state index < -0.39 is 42.3 Å². The fraction of sp³-hybridized carbons (Fsp3) is 0.472. The highest BCUT2D eigenvalue weighted by atomic mass is 19.3. The van der Waals surface area contributed by atoms with E-state index in [1.807, 2.05) is 25.2 Å². The van der Waals surface area contributed by atoms with Crippen molar-refractivity contribution in [2.45, 2.75) is 63.1 Å². The number of imide groups is 1. The summed E-state index contributed by atoms with van der Waals surface area (Å²) >= 11 is 0. The van der Waals surface area contributed by atoms with Gasteiger partial charge in [0, 0.05) is 45.0 Å². The average Bonchev–Trinajstić information content (AvgIpc) is 3.87. The number of fused-ring (bicyclic) bond motifs is 2. The van der Waals surface area contributed by atoms with Gasteiger partial charge in [0.25, 0.3) is 12.3 Å². The molecule has 56 heavy (non-hydrogen) atoms. The van der Waals surface area contributed by atoms with Crippen molar-refractivity contribution in [1.82, 2.24) is 48.6 Å². The van der Waals surface area contributed by atoms with Gasteiger partial charge in [-0.05, 0) is 57.1 Å². The van der Waals surface area contributed by atoms with Crippen LogP contribution in [0.25, 0.3) is 16.7 Å². The molecule has 0 bridgehead atoms. The molecule has 7 heterocycles. The molecule has 3 aliphatic heterocycles. The summed E-state index contributed by atoms with van der Waals surface area (Å²) in [6, 6.07) is 6.31. The van der Waals surface area contributed by atoms with Gasteiger partial charge in [-0.25, -0.2) is 23.1 Å². The Morgan fingerprint density at radius 2 is 1.89 bits per heavy atom. The average molecular weight is 777 g/mol. The first-order valence-corrected chi connectivity index (χ1v) is 18.4. The van der Waals surface area contributed by atoms with E-state index in [9.17, 15) is 28.0 Å². The Balaban J connectivity index is 0.843. The number of carbonyl (C=O) groups excluding carboxylic acids is 3. The highest BCUT2D eigenvalue weighted by molar-refractivity contribution is 6.08. The van der Waals surface area contributed by atoms with Crippen LogP contribution in [0.15, 0.2) is 47.7 Å². The van der Waals surface area contributed by atoms with Crippen LogP contribution in [0.4, 0.5) is 20.3 Å². The van der Waals surface area contributed by atoms with Crippen LogP contribution < -0.4 is 22.1 Å². The lowest BCUT2D eigenvalue weighted by Crippen LogP contribution is -2.47. The zero-order valence-electron chi connectivity index (χ0n) is 30.8. The van der Waals surface area contributed by atoms with Gasteiger partial charge in [0.2, 0.25) is 11.8 Å². The van der Waals surface area contributed by atoms with E-state index in [0.29, 0.717) is 18.6 Å². The van der Waals surface area contributed by atoms with Crippen molar-refractivity contribution < 1.29 is 32.6 Å². The zero-order valence-corrected chi connectivity index (χ0v) is 30.8. The molecule has 0 aliphatic carbocycles. The molecule has 0 radical (unpaired) electrons. The second-order valence-electron chi connectivity index (χ2n) is 14.5. The molecule has 3 amide bonds. The summed E-state index contributed by atoms with van der Waals surface area (Å²) in [5, 5.41) is 13.0. The number of anilines is 2. The summed E-state index contributed by atoms with van der Waals surface area (Å²) in [6.45, 7) is 3.14. The van der Waals surface area contributed by atoms with Crippen molar-refractivity contribution in [3.05, 3.63) is 70.2 Å². The van der Waals surface area contributed by atoms with Gasteiger partial charge in [-0.2, -0.15) is 10.2 Å². The number of nitrogens with one attached hydrogen (secondary N) is 2. The Morgan fingerprint density at radius 3 is 2.62 bits per heavy atom. The van der Waals surface area contributed by atoms with Crippen LogP contribution in [-0.2, 0) is 32.7 Å². The van der Waals surface area contributed by atoms with Gasteiger partial charge >= 0.3 is 5.69 Å². The second kappa shape index (κ2) is 15.2. The molecular weight excluding hydrogens is 734 g/mol. The summed E-state index contributed by atoms with van der Waals surface area (Å²) in [4.78, 5) is 59.5.